The van der Waals surface area contributed by atoms with Crippen molar-refractivity contribution < 1.29 is 19.8 Å². The molecule has 0 radical (unpaired) electrons. The van der Waals surface area contributed by atoms with Crippen molar-refractivity contribution in [3.8, 4) is 0 Å². The Morgan fingerprint density at radius 1 is 1.62 bits per heavy atom. The zero-order valence-electron chi connectivity index (χ0n) is 8.64. The van der Waals surface area contributed by atoms with Gasteiger partial charge in [0.25, 0.3) is 5.91 Å². The van der Waals surface area contributed by atoms with Gasteiger partial charge in [0.05, 0.1) is 5.01 Å². The first-order valence-corrected chi connectivity index (χ1v) is 5.49. The second-order valence-corrected chi connectivity index (χ2v) is 4.19. The highest BCUT2D eigenvalue weighted by molar-refractivity contribution is 7.09. The van der Waals surface area contributed by atoms with Crippen LogP contribution < -0.4 is 5.32 Å². The SMILES string of the molecule is Cc1nc(C(=O)NC(CCO)C(=O)O)cs1. The van der Waals surface area contributed by atoms with E-state index in [2.05, 4.69) is 10.3 Å². The average Bonchev–Trinajstić information content (AvgIpc) is 2.64. The third kappa shape index (κ3) is 3.28. The van der Waals surface area contributed by atoms with E-state index in [1.54, 1.807) is 12.3 Å². The van der Waals surface area contributed by atoms with E-state index in [0.29, 0.717) is 0 Å². The average molecular weight is 244 g/mol. The molecular weight excluding hydrogens is 232 g/mol. The van der Waals surface area contributed by atoms with Crippen LogP contribution >= 0.6 is 11.3 Å². The number of aliphatic hydroxyl groups excluding tert-OH is 1. The molecule has 3 N–H and O–H groups in total. The molecule has 1 rings (SSSR count). The van der Waals surface area contributed by atoms with Crippen LogP contribution in [0.15, 0.2) is 5.38 Å². The van der Waals surface area contributed by atoms with E-state index in [-0.39, 0.29) is 18.7 Å². The monoisotopic (exact) mass is 244 g/mol. The van der Waals surface area contributed by atoms with Gasteiger partial charge in [-0.25, -0.2) is 9.78 Å². The molecule has 6 nitrogen and oxygen atoms in total. The summed E-state index contributed by atoms with van der Waals surface area (Å²) < 4.78 is 0. The topological polar surface area (TPSA) is 99.5 Å². The second kappa shape index (κ2) is 5.57. The third-order valence-electron chi connectivity index (χ3n) is 1.87. The zero-order valence-corrected chi connectivity index (χ0v) is 9.45. The van der Waals surface area contributed by atoms with Crippen LogP contribution in [0.5, 0.6) is 0 Å². The summed E-state index contributed by atoms with van der Waals surface area (Å²) in [5.41, 5.74) is 0.201. The summed E-state index contributed by atoms with van der Waals surface area (Å²) >= 11 is 1.31. The zero-order chi connectivity index (χ0) is 12.1. The number of aliphatic carboxylic acids is 1. The number of carboxylic acids is 1. The number of hydrogen-bond donors (Lipinski definition) is 3. The summed E-state index contributed by atoms with van der Waals surface area (Å²) in [5.74, 6) is -1.71. The fourth-order valence-electron chi connectivity index (χ4n) is 1.09. The molecule has 16 heavy (non-hydrogen) atoms. The van der Waals surface area contributed by atoms with Crippen molar-refractivity contribution in [3.63, 3.8) is 0 Å². The van der Waals surface area contributed by atoms with Gasteiger partial charge in [0.2, 0.25) is 0 Å². The molecule has 0 saturated carbocycles. The Morgan fingerprint density at radius 2 is 2.31 bits per heavy atom. The van der Waals surface area contributed by atoms with E-state index in [1.807, 2.05) is 0 Å². The minimum atomic E-state index is -1.17. The summed E-state index contributed by atoms with van der Waals surface area (Å²) in [6.07, 6.45) is -0.0236. The number of carbonyl (C=O) groups is 2. The van der Waals surface area contributed by atoms with E-state index >= 15 is 0 Å². The second-order valence-electron chi connectivity index (χ2n) is 3.13. The number of thiazole rings is 1. The van der Waals surface area contributed by atoms with Gasteiger partial charge in [-0.05, 0) is 6.92 Å². The molecule has 0 aromatic carbocycles. The molecule has 0 aliphatic heterocycles. The smallest absolute Gasteiger partial charge is 0.326 e. The Balaban J connectivity index is 2.65. The van der Waals surface area contributed by atoms with Crippen LogP contribution in [0.1, 0.15) is 21.9 Å². The predicted molar refractivity (Wildman–Crippen MR) is 57.4 cm³/mol. The maximum Gasteiger partial charge on any atom is 0.326 e. The van der Waals surface area contributed by atoms with Crippen LogP contribution in [0.3, 0.4) is 0 Å². The van der Waals surface area contributed by atoms with E-state index in [0.717, 1.165) is 5.01 Å². The molecule has 1 atom stereocenters. The number of amides is 1. The lowest BCUT2D eigenvalue weighted by Crippen LogP contribution is -2.41. The lowest BCUT2D eigenvalue weighted by atomic mass is 10.2. The molecule has 0 bridgehead atoms. The quantitative estimate of drug-likeness (QED) is 0.678. The number of aromatic nitrogens is 1. The molecule has 0 saturated heterocycles. The Morgan fingerprint density at radius 3 is 2.75 bits per heavy atom. The molecule has 1 aromatic heterocycles. The van der Waals surface area contributed by atoms with E-state index in [4.69, 9.17) is 10.2 Å². The maximum absolute atomic E-state index is 11.5. The highest BCUT2D eigenvalue weighted by atomic mass is 32.1. The number of carboxylic acid groups (broad SMARTS) is 1. The molecule has 7 heteroatoms. The largest absolute Gasteiger partial charge is 0.480 e. The van der Waals surface area contributed by atoms with Gasteiger partial charge in [0, 0.05) is 18.4 Å². The van der Waals surface area contributed by atoms with Crippen molar-refractivity contribution in [2.45, 2.75) is 19.4 Å². The van der Waals surface area contributed by atoms with Crippen LogP contribution in [-0.2, 0) is 4.79 Å². The molecular formula is C9H12N2O4S. The van der Waals surface area contributed by atoms with Gasteiger partial charge in [-0.3, -0.25) is 4.79 Å². The van der Waals surface area contributed by atoms with Gasteiger partial charge < -0.3 is 15.5 Å². The summed E-state index contributed by atoms with van der Waals surface area (Å²) in [5, 5.41) is 22.0. The predicted octanol–water partition coefficient (Wildman–Crippen LogP) is 0.0169. The van der Waals surface area contributed by atoms with Gasteiger partial charge in [-0.15, -0.1) is 11.3 Å². The Labute approximate surface area is 95.9 Å². The van der Waals surface area contributed by atoms with Gasteiger partial charge in [-0.1, -0.05) is 0 Å². The van der Waals surface area contributed by atoms with Crippen LogP contribution in [0.4, 0.5) is 0 Å². The van der Waals surface area contributed by atoms with Crippen LogP contribution in [0, 0.1) is 6.92 Å². The highest BCUT2D eigenvalue weighted by Gasteiger charge is 2.20. The number of nitrogens with one attached hydrogen (secondary N) is 1. The minimum Gasteiger partial charge on any atom is -0.480 e. The van der Waals surface area contributed by atoms with Crippen molar-refractivity contribution in [3.05, 3.63) is 16.1 Å². The van der Waals surface area contributed by atoms with Crippen molar-refractivity contribution in [2.24, 2.45) is 0 Å². The minimum absolute atomic E-state index is 0.0236. The van der Waals surface area contributed by atoms with Gasteiger partial charge in [-0.2, -0.15) is 0 Å². The fourth-order valence-corrected chi connectivity index (χ4v) is 1.68. The fraction of sp³-hybridized carbons (Fsp3) is 0.444. The molecule has 1 amide bonds. The number of aryl methyl sites for hydroxylation is 1. The number of hydrogen-bond acceptors (Lipinski definition) is 5. The normalized spacial score (nSPS) is 12.1. The van der Waals surface area contributed by atoms with Gasteiger partial charge >= 0.3 is 5.97 Å². The molecule has 0 aliphatic carbocycles. The standard InChI is InChI=1S/C9H12N2O4S/c1-5-10-7(4-16-5)8(13)11-6(2-3-12)9(14)15/h4,6,12H,2-3H2,1H3,(H,11,13)(H,14,15). The number of nitrogens with zero attached hydrogens (tertiary/aromatic N) is 1. The number of aliphatic hydroxyl groups is 1. The summed E-state index contributed by atoms with van der Waals surface area (Å²) in [6, 6.07) is -1.08. The lowest BCUT2D eigenvalue weighted by molar-refractivity contribution is -0.139. The molecule has 1 unspecified atom stereocenters. The highest BCUT2D eigenvalue weighted by Crippen LogP contribution is 2.08. The first kappa shape index (κ1) is 12.6. The summed E-state index contributed by atoms with van der Waals surface area (Å²) in [7, 11) is 0. The first-order valence-electron chi connectivity index (χ1n) is 4.61. The van der Waals surface area contributed by atoms with Gasteiger partial charge in [0.15, 0.2) is 0 Å². The molecule has 0 aliphatic rings. The molecule has 1 heterocycles. The number of carbonyl (C=O) groups excluding carboxylic acids is 1. The van der Waals surface area contributed by atoms with Crippen molar-refractivity contribution in [1.29, 1.82) is 0 Å². The number of rotatable bonds is 5. The van der Waals surface area contributed by atoms with E-state index in [1.165, 1.54) is 11.3 Å². The Bertz CT molecular complexity index is 391. The Hall–Kier alpha value is -1.47. The van der Waals surface area contributed by atoms with Crippen molar-refractivity contribution >= 4 is 23.2 Å². The molecule has 0 fully saturated rings. The van der Waals surface area contributed by atoms with Crippen molar-refractivity contribution in [1.82, 2.24) is 10.3 Å². The Kier molecular flexibility index (Phi) is 4.39. The molecule has 88 valence electrons. The molecule has 0 spiro atoms. The van der Waals surface area contributed by atoms with Gasteiger partial charge in [0.1, 0.15) is 11.7 Å². The van der Waals surface area contributed by atoms with E-state index < -0.39 is 17.9 Å². The summed E-state index contributed by atoms with van der Waals surface area (Å²) in [4.78, 5) is 26.2. The maximum atomic E-state index is 11.5. The summed E-state index contributed by atoms with van der Waals surface area (Å²) in [6.45, 7) is 1.46. The van der Waals surface area contributed by atoms with Crippen LogP contribution in [0.25, 0.3) is 0 Å². The molecule has 1 aromatic rings. The van der Waals surface area contributed by atoms with Crippen LogP contribution in [0.2, 0.25) is 0 Å². The van der Waals surface area contributed by atoms with E-state index in [9.17, 15) is 9.59 Å². The van der Waals surface area contributed by atoms with Crippen LogP contribution in [-0.4, -0.2) is 39.7 Å². The first-order chi connectivity index (χ1) is 7.54. The van der Waals surface area contributed by atoms with Crippen molar-refractivity contribution in [2.75, 3.05) is 6.61 Å². The third-order valence-corrected chi connectivity index (χ3v) is 2.65. The lowest BCUT2D eigenvalue weighted by Gasteiger charge is -2.11.